The molecule has 0 atom stereocenters. The summed E-state index contributed by atoms with van der Waals surface area (Å²) in [5, 5.41) is 0.779. The molecule has 2 heteroatoms. The predicted octanol–water partition coefficient (Wildman–Crippen LogP) is 5.69. The maximum Gasteiger partial charge on any atom is 0.123 e. The zero-order valence-electron chi connectivity index (χ0n) is 11.6. The number of benzene rings is 2. The third-order valence-electron chi connectivity index (χ3n) is 3.41. The second-order valence-electron chi connectivity index (χ2n) is 5.14. The standard InChI is InChI=1S/C17H17ClF/c1-10(2)15-9-16(12(4)17(18)11(15)3)13-5-7-14(19)8-6-13/h5-8,10H,1-4H3. The van der Waals surface area contributed by atoms with Gasteiger partial charge in [-0.05, 0) is 65.8 Å². The van der Waals surface area contributed by atoms with Gasteiger partial charge < -0.3 is 0 Å². The molecule has 0 unspecified atom stereocenters. The van der Waals surface area contributed by atoms with Crippen molar-refractivity contribution in [2.45, 2.75) is 33.6 Å². The average molecular weight is 276 g/mol. The Kier molecular flexibility index (Phi) is 3.96. The molecule has 0 aliphatic carbocycles. The van der Waals surface area contributed by atoms with Crippen molar-refractivity contribution in [3.63, 3.8) is 0 Å². The lowest BCUT2D eigenvalue weighted by Gasteiger charge is -2.17. The molecule has 1 radical (unpaired) electrons. The minimum Gasteiger partial charge on any atom is -0.207 e. The molecule has 0 fully saturated rings. The van der Waals surface area contributed by atoms with Gasteiger partial charge in [-0.1, -0.05) is 37.6 Å². The van der Waals surface area contributed by atoms with Crippen LogP contribution in [0.3, 0.4) is 0 Å². The van der Waals surface area contributed by atoms with Crippen molar-refractivity contribution >= 4 is 11.6 Å². The van der Waals surface area contributed by atoms with Crippen molar-refractivity contribution in [1.29, 1.82) is 0 Å². The van der Waals surface area contributed by atoms with Gasteiger partial charge in [-0.25, -0.2) is 4.39 Å². The Morgan fingerprint density at radius 1 is 1.05 bits per heavy atom. The van der Waals surface area contributed by atoms with Crippen LogP contribution in [0, 0.1) is 25.7 Å². The average Bonchev–Trinajstić information content (AvgIpc) is 2.37. The lowest BCUT2D eigenvalue weighted by Crippen LogP contribution is -1.98. The van der Waals surface area contributed by atoms with E-state index in [0.717, 1.165) is 32.8 Å². The van der Waals surface area contributed by atoms with Gasteiger partial charge in [0.05, 0.1) is 0 Å². The predicted molar refractivity (Wildman–Crippen MR) is 79.2 cm³/mol. The molecule has 0 aromatic heterocycles. The first kappa shape index (κ1) is 14.1. The normalized spacial score (nSPS) is 11.1. The highest BCUT2D eigenvalue weighted by Gasteiger charge is 2.14. The highest BCUT2D eigenvalue weighted by molar-refractivity contribution is 6.32. The van der Waals surface area contributed by atoms with Crippen LogP contribution in [-0.2, 0) is 0 Å². The maximum absolute atomic E-state index is 13.0. The van der Waals surface area contributed by atoms with E-state index < -0.39 is 0 Å². The summed E-state index contributed by atoms with van der Waals surface area (Å²) in [6, 6.07) is 9.91. The molecule has 0 saturated carbocycles. The van der Waals surface area contributed by atoms with E-state index in [1.54, 1.807) is 12.1 Å². The van der Waals surface area contributed by atoms with E-state index in [1.807, 2.05) is 13.8 Å². The van der Waals surface area contributed by atoms with E-state index in [1.165, 1.54) is 12.1 Å². The molecule has 0 saturated heterocycles. The fourth-order valence-corrected chi connectivity index (χ4v) is 2.51. The molecule has 0 N–H and O–H groups in total. The third-order valence-corrected chi connectivity index (χ3v) is 3.97. The van der Waals surface area contributed by atoms with Gasteiger partial charge in [0, 0.05) is 5.02 Å². The van der Waals surface area contributed by atoms with Crippen LogP contribution in [0.4, 0.5) is 4.39 Å². The molecule has 0 aliphatic rings. The Hall–Kier alpha value is -1.34. The Balaban J connectivity index is 2.66. The minimum absolute atomic E-state index is 0.233. The fraction of sp³-hybridized carbons (Fsp3) is 0.294. The second kappa shape index (κ2) is 5.34. The van der Waals surface area contributed by atoms with Crippen LogP contribution < -0.4 is 0 Å². The monoisotopic (exact) mass is 275 g/mol. The smallest absolute Gasteiger partial charge is 0.123 e. The van der Waals surface area contributed by atoms with Crippen molar-refractivity contribution in [2.75, 3.05) is 0 Å². The van der Waals surface area contributed by atoms with Crippen LogP contribution in [0.25, 0.3) is 11.1 Å². The molecule has 0 amide bonds. The van der Waals surface area contributed by atoms with Gasteiger partial charge >= 0.3 is 0 Å². The second-order valence-corrected chi connectivity index (χ2v) is 5.52. The summed E-state index contributed by atoms with van der Waals surface area (Å²) < 4.78 is 13.0. The lowest BCUT2D eigenvalue weighted by atomic mass is 9.90. The first-order chi connectivity index (χ1) is 8.91. The van der Waals surface area contributed by atoms with Crippen molar-refractivity contribution < 1.29 is 4.39 Å². The summed E-state index contributed by atoms with van der Waals surface area (Å²) >= 11 is 6.42. The molecule has 99 valence electrons. The van der Waals surface area contributed by atoms with Crippen molar-refractivity contribution in [2.24, 2.45) is 0 Å². The highest BCUT2D eigenvalue weighted by Crippen LogP contribution is 2.35. The number of halogens is 2. The quantitative estimate of drug-likeness (QED) is 0.661. The summed E-state index contributed by atoms with van der Waals surface area (Å²) in [6.07, 6.45) is 0. The van der Waals surface area contributed by atoms with Gasteiger partial charge in [-0.3, -0.25) is 0 Å². The molecule has 2 rings (SSSR count). The zero-order valence-corrected chi connectivity index (χ0v) is 12.4. The topological polar surface area (TPSA) is 0 Å². The third kappa shape index (κ3) is 2.66. The van der Waals surface area contributed by atoms with Crippen LogP contribution in [0.2, 0.25) is 5.02 Å². The summed E-state index contributed by atoms with van der Waals surface area (Å²) in [5.41, 5.74) is 5.10. The van der Waals surface area contributed by atoms with Crippen LogP contribution in [-0.4, -0.2) is 0 Å². The van der Waals surface area contributed by atoms with Crippen molar-refractivity contribution in [3.05, 3.63) is 57.9 Å². The number of rotatable bonds is 2. The molecule has 0 nitrogen and oxygen atoms in total. The Morgan fingerprint density at radius 3 is 2.16 bits per heavy atom. The van der Waals surface area contributed by atoms with E-state index in [0.29, 0.717) is 5.92 Å². The van der Waals surface area contributed by atoms with Gasteiger partial charge in [0.15, 0.2) is 0 Å². The Morgan fingerprint density at radius 2 is 1.63 bits per heavy atom. The molecule has 2 aromatic rings. The van der Waals surface area contributed by atoms with Crippen LogP contribution in [0.1, 0.15) is 36.5 Å². The Labute approximate surface area is 119 Å². The Bertz CT molecular complexity index is 598. The first-order valence-corrected chi connectivity index (χ1v) is 6.77. The highest BCUT2D eigenvalue weighted by atomic mass is 35.5. The van der Waals surface area contributed by atoms with E-state index >= 15 is 0 Å². The fourth-order valence-electron chi connectivity index (χ4n) is 2.31. The SMILES string of the molecule is Cc1c(-c2ccc(F)cc2)[c]c(C(C)C)c(C)c1Cl. The van der Waals surface area contributed by atoms with Crippen molar-refractivity contribution in [3.8, 4) is 11.1 Å². The van der Waals surface area contributed by atoms with Crippen LogP contribution in [0.5, 0.6) is 0 Å². The van der Waals surface area contributed by atoms with Gasteiger partial charge in [-0.15, -0.1) is 0 Å². The van der Waals surface area contributed by atoms with Gasteiger partial charge in [0.25, 0.3) is 0 Å². The van der Waals surface area contributed by atoms with Crippen LogP contribution in [0.15, 0.2) is 24.3 Å². The summed E-state index contributed by atoms with van der Waals surface area (Å²) in [5.74, 6) is 0.126. The molecule has 0 aliphatic heterocycles. The summed E-state index contributed by atoms with van der Waals surface area (Å²) in [7, 11) is 0. The molecule has 2 aromatic carbocycles. The van der Waals surface area contributed by atoms with E-state index in [9.17, 15) is 4.39 Å². The van der Waals surface area contributed by atoms with Crippen molar-refractivity contribution in [1.82, 2.24) is 0 Å². The minimum atomic E-state index is -0.233. The molecule has 0 spiro atoms. The van der Waals surface area contributed by atoms with Gasteiger partial charge in [0.1, 0.15) is 5.82 Å². The zero-order chi connectivity index (χ0) is 14.2. The molecular weight excluding hydrogens is 259 g/mol. The first-order valence-electron chi connectivity index (χ1n) is 6.39. The molecule has 19 heavy (non-hydrogen) atoms. The summed E-state index contributed by atoms with van der Waals surface area (Å²) in [4.78, 5) is 0. The summed E-state index contributed by atoms with van der Waals surface area (Å²) in [6.45, 7) is 8.25. The van der Waals surface area contributed by atoms with E-state index in [2.05, 4.69) is 19.9 Å². The number of hydrogen-bond donors (Lipinski definition) is 0. The maximum atomic E-state index is 13.0. The largest absolute Gasteiger partial charge is 0.207 e. The van der Waals surface area contributed by atoms with E-state index in [4.69, 9.17) is 11.6 Å². The molecule has 0 heterocycles. The van der Waals surface area contributed by atoms with Gasteiger partial charge in [0.2, 0.25) is 0 Å². The molecular formula is C17H17ClF. The van der Waals surface area contributed by atoms with E-state index in [-0.39, 0.29) is 5.82 Å². The van der Waals surface area contributed by atoms with Gasteiger partial charge in [-0.2, -0.15) is 0 Å². The van der Waals surface area contributed by atoms with Crippen LogP contribution >= 0.6 is 11.6 Å². The number of hydrogen-bond acceptors (Lipinski definition) is 0. The lowest BCUT2D eigenvalue weighted by molar-refractivity contribution is 0.628. The molecule has 0 bridgehead atoms.